The molecule has 0 aromatic carbocycles. The minimum Gasteiger partial charge on any atom is -0.777 e. The van der Waals surface area contributed by atoms with Crippen molar-refractivity contribution in [1.82, 2.24) is 0 Å². The predicted octanol–water partition coefficient (Wildman–Crippen LogP) is -4.87. The zero-order valence-corrected chi connectivity index (χ0v) is 51.2. The number of phosphoric ester groups is 3. The molecule has 506 valence electrons. The minimum atomic E-state index is -5.65. The number of unbranched alkanes of at least 4 members (excludes halogenated alkanes) is 6. The van der Waals surface area contributed by atoms with Crippen molar-refractivity contribution in [2.24, 2.45) is 0 Å². The molecule has 38 nitrogen and oxygen atoms in total. The van der Waals surface area contributed by atoms with Gasteiger partial charge in [0.2, 0.25) is 0 Å². The number of carbonyl (C=O) groups is 8. The van der Waals surface area contributed by atoms with Crippen molar-refractivity contribution in [3.05, 3.63) is 0 Å². The average molecular weight is 1350 g/mol. The first-order valence-corrected chi connectivity index (χ1v) is 32.3. The van der Waals surface area contributed by atoms with E-state index in [1.54, 1.807) is 0 Å². The molecule has 0 aromatic heterocycles. The third kappa shape index (κ3) is 48.1. The summed E-state index contributed by atoms with van der Waals surface area (Å²) in [6, 6.07) is 0. The van der Waals surface area contributed by atoms with Crippen molar-refractivity contribution in [3.8, 4) is 0 Å². The molecule has 85 heavy (non-hydrogen) atoms. The van der Waals surface area contributed by atoms with Gasteiger partial charge in [-0.2, -0.15) is 0 Å². The summed E-state index contributed by atoms with van der Waals surface area (Å²) in [7, 11) is -26.1. The molecule has 8 N–H and O–H groups in total. The van der Waals surface area contributed by atoms with Gasteiger partial charge in [-0.25, -0.2) is 0 Å². The van der Waals surface area contributed by atoms with Gasteiger partial charge in [0.1, 0.15) is 120 Å². The van der Waals surface area contributed by atoms with E-state index >= 15 is 0 Å². The highest BCUT2D eigenvalue weighted by molar-refractivity contribution is 7.53. The van der Waals surface area contributed by atoms with Crippen LogP contribution in [0.25, 0.3) is 0 Å². The van der Waals surface area contributed by atoms with Crippen LogP contribution in [0.4, 0.5) is 0 Å². The number of carbonyl (C=O) groups excluding carboxylic acids is 8. The maximum Gasteiger partial charge on any atom is 0.268 e. The lowest BCUT2D eigenvalue weighted by Crippen LogP contribution is -2.59. The van der Waals surface area contributed by atoms with E-state index < -0.39 is 159 Å². The Morgan fingerprint density at radius 1 is 0.447 bits per heavy atom. The Hall–Kier alpha value is -2.49. The number of aldehydes is 4. The molecule has 2 rings (SSSR count). The fourth-order valence-corrected chi connectivity index (χ4v) is 9.96. The second kappa shape index (κ2) is 56.7. The van der Waals surface area contributed by atoms with E-state index in [2.05, 4.69) is 36.2 Å². The van der Waals surface area contributed by atoms with Gasteiger partial charge < -0.3 is 168 Å². The standard InChI is InChI=1S/C26H55O30P5.2C5H8O2.C2H6.4CH2O/c1-45-59(39,40)56-16(12-50-60(41,42)52-14-57(35,36)48-8-4-2-6-46-25-23(33)21(31)19(29)17(10-27)54-25)13-51-61(43,44)53-15-58(37,38)49-9-5-3-7-47-26-24(34)22(32)20(30)18(11-28)55-26;2*6-4-2-1-3-5-7;5*1-2/h16-34H,2-15H2,1H3,(H,35,36)(H,37,38)(H,39,40)(H,41,42)(H,43,44);2*4-5H,1-3H2;1-2H3;4*1H2/p-5/t16?,17?,18?,19-,20-,21?,22?,23-,24-,25+,26+;;;;;;;/m0......./s1. The van der Waals surface area contributed by atoms with Gasteiger partial charge in [0.15, 0.2) is 27.8 Å². The Morgan fingerprint density at radius 3 is 1.01 bits per heavy atom. The Morgan fingerprint density at radius 2 is 0.741 bits per heavy atom. The van der Waals surface area contributed by atoms with E-state index in [1.165, 1.54) is 0 Å². The summed E-state index contributed by atoms with van der Waals surface area (Å²) >= 11 is 0. The molecule has 9 unspecified atom stereocenters. The molecule has 2 aliphatic rings. The second-order valence-electron chi connectivity index (χ2n) is 15.3. The molecule has 2 heterocycles. The SMILES string of the molecule is C=O.C=O.C=O.C=O.CC.COP(=O)([O-])OC(COP(=O)([O-])OCP(=O)([O-])OCCCCO[C@@H]1OC(CO)[C@H](O)C(O)[C@@H]1O)COP(=O)([O-])OCP(=O)([O-])OCCCCO[C@@H]1OC(CO)[C@H](O)C(O)[C@@H]1O.O=CCCCC=O.O=CCCCC=O. The van der Waals surface area contributed by atoms with E-state index in [0.717, 1.165) is 25.1 Å². The van der Waals surface area contributed by atoms with Crippen LogP contribution in [-0.4, -0.2) is 233 Å². The molecule has 0 saturated carbocycles. The van der Waals surface area contributed by atoms with Crippen molar-refractivity contribution in [2.75, 3.05) is 72.7 Å². The van der Waals surface area contributed by atoms with Crippen LogP contribution in [0.5, 0.6) is 0 Å². The smallest absolute Gasteiger partial charge is 0.268 e. The first-order valence-electron chi connectivity index (χ1n) is 24.5. The second-order valence-corrected chi connectivity index (χ2v) is 23.1. The van der Waals surface area contributed by atoms with E-state index in [1.807, 2.05) is 41.0 Å². The van der Waals surface area contributed by atoms with Gasteiger partial charge in [-0.3, -0.25) is 13.7 Å². The third-order valence-electron chi connectivity index (χ3n) is 9.29. The number of aliphatic hydroxyl groups excluding tert-OH is 8. The molecular formula is C42H80O38P5-5. The lowest BCUT2D eigenvalue weighted by molar-refractivity contribution is -0.301. The molecule has 15 atom stereocenters. The normalized spacial score (nSPS) is 25.1. The van der Waals surface area contributed by atoms with Crippen LogP contribution in [0.1, 0.15) is 78.1 Å². The fourth-order valence-electron chi connectivity index (χ4n) is 5.31. The molecule has 43 heteroatoms. The highest BCUT2D eigenvalue weighted by atomic mass is 31.2. The monoisotopic (exact) mass is 1350 g/mol. The largest absolute Gasteiger partial charge is 0.777 e. The maximum atomic E-state index is 12.2. The van der Waals surface area contributed by atoms with Gasteiger partial charge in [0.25, 0.3) is 23.5 Å². The summed E-state index contributed by atoms with van der Waals surface area (Å²) in [5.41, 5.74) is 0. The molecule has 0 bridgehead atoms. The van der Waals surface area contributed by atoms with E-state index in [4.69, 9.17) is 38.1 Å². The van der Waals surface area contributed by atoms with Gasteiger partial charge >= 0.3 is 0 Å². The highest BCUT2D eigenvalue weighted by Crippen LogP contribution is 2.49. The van der Waals surface area contributed by atoms with Crippen LogP contribution in [-0.2, 0) is 116 Å². The minimum absolute atomic E-state index is 0.0368. The lowest BCUT2D eigenvalue weighted by atomic mass is 9.99. The Kier molecular flexibility index (Phi) is 62.5. The van der Waals surface area contributed by atoms with Crippen molar-refractivity contribution < 1.29 is 182 Å². The quantitative estimate of drug-likeness (QED) is 0.0162. The molecular weight excluding hydrogens is 1270 g/mol. The van der Waals surface area contributed by atoms with Crippen LogP contribution in [0.3, 0.4) is 0 Å². The van der Waals surface area contributed by atoms with Gasteiger partial charge in [-0.05, 0) is 38.5 Å². The third-order valence-corrected chi connectivity index (χ3v) is 14.6. The number of rotatable bonds is 39. The topological polar surface area (TPSA) is 610 Å². The molecule has 0 radical (unpaired) electrons. The Bertz CT molecular complexity index is 1770. The summed E-state index contributed by atoms with van der Waals surface area (Å²) < 4.78 is 116. The Balaban J connectivity index is -0.000000552. The van der Waals surface area contributed by atoms with Crippen molar-refractivity contribution in [1.29, 1.82) is 0 Å². The lowest BCUT2D eigenvalue weighted by Gasteiger charge is -2.39. The molecule has 0 aliphatic carbocycles. The van der Waals surface area contributed by atoms with E-state index in [-0.39, 0.29) is 38.9 Å². The van der Waals surface area contributed by atoms with Crippen molar-refractivity contribution in [3.63, 3.8) is 0 Å². The molecule has 0 spiro atoms. The van der Waals surface area contributed by atoms with Gasteiger partial charge in [-0.15, -0.1) is 0 Å². The molecule has 2 fully saturated rings. The average Bonchev–Trinajstić information content (AvgIpc) is 3.66. The number of ether oxygens (including phenoxy) is 4. The number of hydrogen-bond acceptors (Lipinski definition) is 38. The number of aliphatic hydroxyl groups is 8. The van der Waals surface area contributed by atoms with Gasteiger partial charge in [0.05, 0.1) is 39.6 Å². The number of hydrogen-bond donors (Lipinski definition) is 8. The van der Waals surface area contributed by atoms with E-state index in [0.29, 0.717) is 45.6 Å². The van der Waals surface area contributed by atoms with Crippen molar-refractivity contribution in [2.45, 2.75) is 146 Å². The number of phosphoric acid groups is 3. The van der Waals surface area contributed by atoms with Crippen LogP contribution >= 0.6 is 38.7 Å². The van der Waals surface area contributed by atoms with Crippen LogP contribution in [0.15, 0.2) is 0 Å². The summed E-state index contributed by atoms with van der Waals surface area (Å²) in [6.45, 7) is 6.32. The zero-order chi connectivity index (χ0) is 67.3. The van der Waals surface area contributed by atoms with Crippen LogP contribution in [0.2, 0.25) is 0 Å². The first kappa shape index (κ1) is 93.6. The maximum absolute atomic E-state index is 12.2. The van der Waals surface area contributed by atoms with Gasteiger partial charge in [-0.1, -0.05) is 13.8 Å². The predicted molar refractivity (Wildman–Crippen MR) is 275 cm³/mol. The summed E-state index contributed by atoms with van der Waals surface area (Å²) in [5.74, 6) is 0. The van der Waals surface area contributed by atoms with Crippen LogP contribution in [0, 0.1) is 0 Å². The summed E-state index contributed by atoms with van der Waals surface area (Å²) in [5, 5.41) is 77.4. The summed E-state index contributed by atoms with van der Waals surface area (Å²) in [6.07, 6.45) is -13.9. The zero-order valence-electron chi connectivity index (χ0n) is 46.7. The van der Waals surface area contributed by atoms with Crippen LogP contribution < -0.4 is 24.5 Å². The molecule has 2 aliphatic heterocycles. The summed E-state index contributed by atoms with van der Waals surface area (Å²) in [4.78, 5) is 131. The van der Waals surface area contributed by atoms with Gasteiger partial charge in [0, 0.05) is 46.0 Å². The van der Waals surface area contributed by atoms with E-state index in [9.17, 15) is 107 Å². The van der Waals surface area contributed by atoms with Crippen molar-refractivity contribution >= 4 is 91.0 Å². The highest BCUT2D eigenvalue weighted by Gasteiger charge is 2.45. The molecule has 0 aromatic rings. The molecule has 0 amide bonds. The first-order chi connectivity index (χ1) is 40.1. The fraction of sp³-hybridized carbons (Fsp3) is 0.810. The molecule has 2 saturated heterocycles. The Labute approximate surface area is 489 Å².